The second-order valence-corrected chi connectivity index (χ2v) is 13.5. The molecule has 1 fully saturated rings. The molecule has 13 nitrogen and oxygen atoms in total. The molecule has 0 unspecified atom stereocenters. The number of fused-ring (bicyclic) bond motifs is 1. The fourth-order valence-electron chi connectivity index (χ4n) is 4.21. The van der Waals surface area contributed by atoms with E-state index in [-0.39, 0.29) is 28.4 Å². The summed E-state index contributed by atoms with van der Waals surface area (Å²) < 4.78 is 16.4. The predicted octanol–water partition coefficient (Wildman–Crippen LogP) is 3.90. The van der Waals surface area contributed by atoms with Crippen LogP contribution in [0, 0.1) is 0 Å². The van der Waals surface area contributed by atoms with Crippen molar-refractivity contribution < 1.29 is 38.6 Å². The second kappa shape index (κ2) is 13.5. The lowest BCUT2D eigenvalue weighted by Crippen LogP contribution is -2.71. The lowest BCUT2D eigenvalue weighted by Gasteiger charge is -2.51. The molecule has 0 aliphatic carbocycles. The zero-order chi connectivity index (χ0) is 31.5. The lowest BCUT2D eigenvalue weighted by atomic mass is 10.0. The van der Waals surface area contributed by atoms with Gasteiger partial charge >= 0.3 is 12.1 Å². The maximum Gasteiger partial charge on any atom is 0.413 e. The van der Waals surface area contributed by atoms with Crippen molar-refractivity contribution in [2.24, 2.45) is 5.16 Å². The number of esters is 1. The fraction of sp³-hybridized carbons (Fsp3) is 0.407. The highest BCUT2D eigenvalue weighted by Gasteiger charge is 2.56. The number of aromatic nitrogens is 1. The van der Waals surface area contributed by atoms with Crippen molar-refractivity contribution in [2.45, 2.75) is 56.6 Å². The molecule has 43 heavy (non-hydrogen) atoms. The quantitative estimate of drug-likeness (QED) is 0.0652. The molecule has 3 amide bonds. The van der Waals surface area contributed by atoms with Crippen LogP contribution in [0.3, 0.4) is 0 Å². The van der Waals surface area contributed by atoms with Gasteiger partial charge in [0, 0.05) is 15.1 Å². The van der Waals surface area contributed by atoms with Crippen LogP contribution >= 0.6 is 45.7 Å². The summed E-state index contributed by atoms with van der Waals surface area (Å²) in [5.74, 6) is -1.32. The zero-order valence-electron chi connectivity index (χ0n) is 23.9. The van der Waals surface area contributed by atoms with E-state index in [4.69, 9.17) is 14.2 Å². The van der Waals surface area contributed by atoms with Gasteiger partial charge in [-0.05, 0) is 51.0 Å². The summed E-state index contributed by atoms with van der Waals surface area (Å²) in [5, 5.41) is 18.6. The highest BCUT2D eigenvalue weighted by molar-refractivity contribution is 14.1. The normalized spacial score (nSPS) is 20.1. The summed E-state index contributed by atoms with van der Waals surface area (Å²) >= 11 is 4.56. The van der Waals surface area contributed by atoms with Crippen LogP contribution in [0.15, 0.2) is 46.1 Å². The number of carbonyl (C=O) groups excluding carboxylic acids is 4. The van der Waals surface area contributed by atoms with Crippen LogP contribution in [0.5, 0.6) is 5.75 Å². The van der Waals surface area contributed by atoms with Gasteiger partial charge in [-0.2, -0.15) is 0 Å². The van der Waals surface area contributed by atoms with Crippen LogP contribution in [0.2, 0.25) is 0 Å². The van der Waals surface area contributed by atoms with Gasteiger partial charge < -0.3 is 24.7 Å². The Labute approximate surface area is 269 Å². The maximum atomic E-state index is 13.3. The first-order valence-electron chi connectivity index (χ1n) is 12.9. The molecular formula is C27H30IN5O8S2. The Balaban J connectivity index is 1.43. The molecule has 0 radical (unpaired) electrons. The Morgan fingerprint density at radius 1 is 1.21 bits per heavy atom. The van der Waals surface area contributed by atoms with Gasteiger partial charge in [-0.25, -0.2) is 14.6 Å². The number of oxime groups is 1. The number of halogens is 1. The number of hydrogen-bond donors (Lipinski definition) is 3. The third-order valence-electron chi connectivity index (χ3n) is 6.25. The van der Waals surface area contributed by atoms with Crippen LogP contribution in [-0.2, 0) is 30.5 Å². The molecule has 2 aliphatic heterocycles. The number of thiazole rings is 1. The van der Waals surface area contributed by atoms with E-state index in [9.17, 15) is 24.4 Å². The summed E-state index contributed by atoms with van der Waals surface area (Å²) in [6.07, 6.45) is -0.735. The Bertz CT molecular complexity index is 1470. The Kier molecular flexibility index (Phi) is 10.2. The number of anilines is 1. The minimum Gasteiger partial charge on any atom is -0.497 e. The van der Waals surface area contributed by atoms with Crippen LogP contribution in [0.1, 0.15) is 39.0 Å². The molecule has 1 aromatic carbocycles. The van der Waals surface area contributed by atoms with Crippen LogP contribution in [0.4, 0.5) is 9.93 Å². The van der Waals surface area contributed by atoms with Gasteiger partial charge in [0.05, 0.1) is 7.11 Å². The number of thioether (sulfide) groups is 1. The van der Waals surface area contributed by atoms with Crippen molar-refractivity contribution in [1.29, 1.82) is 0 Å². The van der Waals surface area contributed by atoms with Gasteiger partial charge in [0.2, 0.25) is 0 Å². The first-order valence-corrected chi connectivity index (χ1v) is 16.3. The first kappa shape index (κ1) is 32.5. The number of benzene rings is 1. The van der Waals surface area contributed by atoms with Gasteiger partial charge in [0.15, 0.2) is 10.8 Å². The molecule has 2 aliphatic rings. The summed E-state index contributed by atoms with van der Waals surface area (Å²) in [7, 11) is 1.56. The number of nitrogens with zero attached hydrogens (tertiary/aromatic N) is 3. The average molecular weight is 744 g/mol. The summed E-state index contributed by atoms with van der Waals surface area (Å²) in [5.41, 5.74) is 0.491. The third-order valence-corrected chi connectivity index (χ3v) is 9.28. The number of rotatable bonds is 9. The smallest absolute Gasteiger partial charge is 0.413 e. The van der Waals surface area contributed by atoms with Crippen molar-refractivity contribution in [3.8, 4) is 5.75 Å². The van der Waals surface area contributed by atoms with Crippen LogP contribution in [-0.4, -0.2) is 78.5 Å². The zero-order valence-corrected chi connectivity index (χ0v) is 27.7. The molecule has 0 saturated carbocycles. The lowest BCUT2D eigenvalue weighted by molar-refractivity contribution is -0.153. The van der Waals surface area contributed by atoms with E-state index in [0.29, 0.717) is 10.2 Å². The third kappa shape index (κ3) is 7.41. The molecule has 4 rings (SSSR count). The van der Waals surface area contributed by atoms with E-state index in [1.54, 1.807) is 52.1 Å². The highest BCUT2D eigenvalue weighted by Crippen LogP contribution is 2.45. The van der Waals surface area contributed by atoms with Crippen molar-refractivity contribution in [3.63, 3.8) is 0 Å². The monoisotopic (exact) mass is 743 g/mol. The predicted molar refractivity (Wildman–Crippen MR) is 169 cm³/mol. The van der Waals surface area contributed by atoms with Crippen LogP contribution < -0.4 is 15.4 Å². The number of amides is 3. The largest absolute Gasteiger partial charge is 0.497 e. The number of hydrogen-bond acceptors (Lipinski definition) is 12. The van der Waals surface area contributed by atoms with E-state index in [1.165, 1.54) is 22.0 Å². The van der Waals surface area contributed by atoms with Crippen molar-refractivity contribution in [1.82, 2.24) is 15.2 Å². The topological polar surface area (TPSA) is 169 Å². The molecule has 16 heteroatoms. The Morgan fingerprint density at radius 2 is 1.91 bits per heavy atom. The number of methoxy groups -OCH3 is 1. The Hall–Kier alpha value is -3.38. The van der Waals surface area contributed by atoms with Crippen molar-refractivity contribution in [3.05, 3.63) is 52.2 Å². The fourth-order valence-corrected chi connectivity index (χ4v) is 7.66. The summed E-state index contributed by atoms with van der Waals surface area (Å²) in [6, 6.07) is 6.08. The number of carbonyl (C=O) groups is 4. The molecule has 0 bridgehead atoms. The summed E-state index contributed by atoms with van der Waals surface area (Å²) in [6.45, 7) is 7.05. The van der Waals surface area contributed by atoms with Gasteiger partial charge in [-0.1, -0.05) is 39.9 Å². The maximum absolute atomic E-state index is 13.3. The van der Waals surface area contributed by atoms with Crippen molar-refractivity contribution >= 4 is 80.4 Å². The minimum absolute atomic E-state index is 0.00395. The van der Waals surface area contributed by atoms with E-state index < -0.39 is 46.6 Å². The van der Waals surface area contributed by atoms with Crippen molar-refractivity contribution in [2.75, 3.05) is 16.9 Å². The number of nitrogens with one attached hydrogen (secondary N) is 2. The van der Waals surface area contributed by atoms with Crippen LogP contribution in [0.25, 0.3) is 0 Å². The molecule has 1 aromatic heterocycles. The van der Waals surface area contributed by atoms with Gasteiger partial charge in [-0.15, -0.1) is 23.1 Å². The molecule has 2 aromatic rings. The molecule has 3 atom stereocenters. The number of ether oxygens (including phenoxy) is 3. The van der Waals surface area contributed by atoms with Gasteiger partial charge in [0.25, 0.3) is 11.8 Å². The molecule has 0 spiro atoms. The number of alkyl halides is 1. The Morgan fingerprint density at radius 3 is 2.51 bits per heavy atom. The average Bonchev–Trinajstić information content (AvgIpc) is 3.41. The minimum atomic E-state index is -0.991. The van der Waals surface area contributed by atoms with E-state index in [0.717, 1.165) is 22.5 Å². The molecule has 230 valence electrons. The first-order chi connectivity index (χ1) is 20.4. The SMILES string of the molecule is COc1ccc(COC(=O)C2=C(CI)[C@H](C)S[C@@H]3[C@H](NC(=O)/C(=N\O)c4csc(NC(=O)OC(C)(C)C)n4)C(=O)N23)cc1. The highest BCUT2D eigenvalue weighted by atomic mass is 127. The van der Waals surface area contributed by atoms with Gasteiger partial charge in [-0.3, -0.25) is 19.8 Å². The summed E-state index contributed by atoms with van der Waals surface area (Å²) in [4.78, 5) is 57.2. The molecule has 3 N–H and O–H groups in total. The number of β-lactam (4-membered cyclic amide) rings is 1. The second-order valence-electron chi connectivity index (χ2n) is 10.4. The van der Waals surface area contributed by atoms with Gasteiger partial charge in [0.1, 0.15) is 40.8 Å². The van der Waals surface area contributed by atoms with E-state index >= 15 is 0 Å². The molecular weight excluding hydrogens is 713 g/mol. The van der Waals surface area contributed by atoms with E-state index in [1.807, 2.05) is 6.92 Å². The molecule has 1 saturated heterocycles. The van der Waals surface area contributed by atoms with E-state index in [2.05, 4.69) is 43.4 Å². The molecule has 3 heterocycles. The standard InChI is InChI=1S/C27H30IN5O8S2/c1-13-16(10-28)20(24(36)40-11-14-6-8-15(39-5)9-7-14)33-22(35)19(23(33)43-13)30-21(34)18(32-38)17-12-42-25(29-17)31-26(37)41-27(2,3)4/h6-9,12-13,19,23,38H,10-11H2,1-5H3,(H,30,34)(H,29,31,37)/b32-18-/t13-,19+,23+/m0/s1.